The second kappa shape index (κ2) is 9.97. The summed E-state index contributed by atoms with van der Waals surface area (Å²) in [6, 6.07) is 14.1. The summed E-state index contributed by atoms with van der Waals surface area (Å²) in [6.07, 6.45) is 0.508. The number of amides is 2. The van der Waals surface area contributed by atoms with E-state index in [4.69, 9.17) is 16.3 Å². The molecule has 0 spiro atoms. The van der Waals surface area contributed by atoms with Gasteiger partial charge in [-0.1, -0.05) is 48.9 Å². The van der Waals surface area contributed by atoms with Crippen LogP contribution in [0.3, 0.4) is 0 Å². The van der Waals surface area contributed by atoms with Gasteiger partial charge in [0.05, 0.1) is 0 Å². The Kier molecular flexibility index (Phi) is 7.67. The van der Waals surface area contributed by atoms with Crippen molar-refractivity contribution < 1.29 is 14.3 Å². The molecule has 0 unspecified atom stereocenters. The first-order chi connectivity index (χ1) is 13.0. The van der Waals surface area contributed by atoms with Crippen LogP contribution in [-0.4, -0.2) is 36.4 Å². The van der Waals surface area contributed by atoms with Crippen molar-refractivity contribution in [1.82, 2.24) is 10.2 Å². The van der Waals surface area contributed by atoms with Gasteiger partial charge in [-0.15, -0.1) is 0 Å². The van der Waals surface area contributed by atoms with Crippen molar-refractivity contribution in [3.8, 4) is 5.75 Å². The van der Waals surface area contributed by atoms with Crippen LogP contribution in [0.5, 0.6) is 5.75 Å². The van der Waals surface area contributed by atoms with E-state index in [1.165, 1.54) is 0 Å². The SMILES string of the molecule is CC[C@@H](C(=O)NC)N(Cc1ccccc1C)C(=O)COc1cccc(Cl)c1. The van der Waals surface area contributed by atoms with Crippen LogP contribution in [0.25, 0.3) is 0 Å². The number of halogens is 1. The lowest BCUT2D eigenvalue weighted by atomic mass is 10.1. The molecule has 0 aliphatic rings. The van der Waals surface area contributed by atoms with Gasteiger partial charge in [-0.2, -0.15) is 0 Å². The smallest absolute Gasteiger partial charge is 0.261 e. The zero-order valence-corrected chi connectivity index (χ0v) is 16.6. The van der Waals surface area contributed by atoms with E-state index in [0.29, 0.717) is 23.7 Å². The fraction of sp³-hybridized carbons (Fsp3) is 0.333. The Morgan fingerprint density at radius 2 is 1.93 bits per heavy atom. The maximum Gasteiger partial charge on any atom is 0.261 e. The average molecular weight is 389 g/mol. The number of likely N-dealkylation sites (N-methyl/N-ethyl adjacent to an activating group) is 1. The maximum absolute atomic E-state index is 12.9. The molecular formula is C21H25ClN2O3. The Labute approximate surface area is 165 Å². The number of hydrogen-bond donors (Lipinski definition) is 1. The average Bonchev–Trinajstić information content (AvgIpc) is 2.67. The highest BCUT2D eigenvalue weighted by Crippen LogP contribution is 2.19. The summed E-state index contributed by atoms with van der Waals surface area (Å²) in [6.45, 7) is 4.05. The standard InChI is InChI=1S/C21H25ClN2O3/c1-4-19(21(26)23-3)24(13-16-9-6-5-8-15(16)2)20(25)14-27-18-11-7-10-17(22)12-18/h5-12,19H,4,13-14H2,1-3H3,(H,23,26)/t19-/m0/s1. The highest BCUT2D eigenvalue weighted by Gasteiger charge is 2.28. The van der Waals surface area contributed by atoms with E-state index in [2.05, 4.69) is 5.32 Å². The molecule has 1 atom stereocenters. The van der Waals surface area contributed by atoms with Crippen LogP contribution in [0, 0.1) is 6.92 Å². The molecule has 27 heavy (non-hydrogen) atoms. The third kappa shape index (κ3) is 5.73. The van der Waals surface area contributed by atoms with Crippen molar-refractivity contribution in [3.63, 3.8) is 0 Å². The van der Waals surface area contributed by atoms with Crippen LogP contribution in [0.1, 0.15) is 24.5 Å². The van der Waals surface area contributed by atoms with Gasteiger partial charge in [-0.3, -0.25) is 9.59 Å². The molecule has 144 valence electrons. The molecule has 5 nitrogen and oxygen atoms in total. The Morgan fingerprint density at radius 1 is 1.19 bits per heavy atom. The number of ether oxygens (including phenoxy) is 1. The fourth-order valence-corrected chi connectivity index (χ4v) is 3.02. The number of carbonyl (C=O) groups excluding carboxylic acids is 2. The van der Waals surface area contributed by atoms with E-state index < -0.39 is 6.04 Å². The summed E-state index contributed by atoms with van der Waals surface area (Å²) in [5.41, 5.74) is 2.06. The van der Waals surface area contributed by atoms with Crippen LogP contribution >= 0.6 is 11.6 Å². The van der Waals surface area contributed by atoms with Gasteiger partial charge >= 0.3 is 0 Å². The van der Waals surface area contributed by atoms with Crippen LogP contribution in [0.4, 0.5) is 0 Å². The number of rotatable bonds is 8. The summed E-state index contributed by atoms with van der Waals surface area (Å²) in [5, 5.41) is 3.18. The van der Waals surface area contributed by atoms with Gasteiger partial charge in [-0.25, -0.2) is 0 Å². The number of aryl methyl sites for hydroxylation is 1. The number of nitrogens with one attached hydrogen (secondary N) is 1. The lowest BCUT2D eigenvalue weighted by molar-refractivity contribution is -0.142. The zero-order chi connectivity index (χ0) is 19.8. The highest BCUT2D eigenvalue weighted by molar-refractivity contribution is 6.30. The minimum absolute atomic E-state index is 0.167. The third-order valence-electron chi connectivity index (χ3n) is 4.39. The monoisotopic (exact) mass is 388 g/mol. The van der Waals surface area contributed by atoms with E-state index in [-0.39, 0.29) is 18.4 Å². The molecule has 0 bridgehead atoms. The minimum Gasteiger partial charge on any atom is -0.484 e. The molecule has 0 saturated heterocycles. The van der Waals surface area contributed by atoms with Gasteiger partial charge in [0.1, 0.15) is 11.8 Å². The summed E-state index contributed by atoms with van der Waals surface area (Å²) in [7, 11) is 1.57. The minimum atomic E-state index is -0.565. The van der Waals surface area contributed by atoms with Crippen molar-refractivity contribution in [3.05, 3.63) is 64.7 Å². The topological polar surface area (TPSA) is 58.6 Å². The Morgan fingerprint density at radius 3 is 2.56 bits per heavy atom. The molecule has 2 rings (SSSR count). The number of hydrogen-bond acceptors (Lipinski definition) is 3. The van der Waals surface area contributed by atoms with Crippen molar-refractivity contribution in [2.24, 2.45) is 0 Å². The number of nitrogens with zero attached hydrogens (tertiary/aromatic N) is 1. The molecule has 6 heteroatoms. The van der Waals surface area contributed by atoms with Crippen molar-refractivity contribution in [2.75, 3.05) is 13.7 Å². The Balaban J connectivity index is 2.20. The summed E-state index contributed by atoms with van der Waals surface area (Å²) in [5.74, 6) is 0.0653. The Hall–Kier alpha value is -2.53. The molecule has 0 saturated carbocycles. The molecular weight excluding hydrogens is 364 g/mol. The van der Waals surface area contributed by atoms with E-state index in [0.717, 1.165) is 11.1 Å². The van der Waals surface area contributed by atoms with Gasteiger partial charge in [-0.05, 0) is 42.7 Å². The second-order valence-electron chi connectivity index (χ2n) is 6.23. The predicted molar refractivity (Wildman–Crippen MR) is 107 cm³/mol. The molecule has 0 fully saturated rings. The van der Waals surface area contributed by atoms with Crippen LogP contribution in [-0.2, 0) is 16.1 Å². The maximum atomic E-state index is 12.9. The van der Waals surface area contributed by atoms with Gasteiger partial charge in [0, 0.05) is 18.6 Å². The summed E-state index contributed by atoms with van der Waals surface area (Å²) in [4.78, 5) is 26.8. The quantitative estimate of drug-likeness (QED) is 0.751. The van der Waals surface area contributed by atoms with Gasteiger partial charge < -0.3 is 15.0 Å². The molecule has 0 aliphatic heterocycles. The molecule has 0 heterocycles. The zero-order valence-electron chi connectivity index (χ0n) is 15.9. The van der Waals surface area contributed by atoms with E-state index >= 15 is 0 Å². The van der Waals surface area contributed by atoms with E-state index in [9.17, 15) is 9.59 Å². The molecule has 0 radical (unpaired) electrons. The van der Waals surface area contributed by atoms with Crippen LogP contribution < -0.4 is 10.1 Å². The molecule has 0 aromatic heterocycles. The predicted octanol–water partition coefficient (Wildman–Crippen LogP) is 3.58. The van der Waals surface area contributed by atoms with Crippen molar-refractivity contribution >= 4 is 23.4 Å². The molecule has 2 amide bonds. The third-order valence-corrected chi connectivity index (χ3v) is 4.63. The van der Waals surface area contributed by atoms with Crippen LogP contribution in [0.15, 0.2) is 48.5 Å². The summed E-state index contributed by atoms with van der Waals surface area (Å²) < 4.78 is 5.60. The fourth-order valence-electron chi connectivity index (χ4n) is 2.84. The van der Waals surface area contributed by atoms with Crippen LogP contribution in [0.2, 0.25) is 5.02 Å². The first-order valence-corrected chi connectivity index (χ1v) is 9.28. The number of benzene rings is 2. The molecule has 1 N–H and O–H groups in total. The lowest BCUT2D eigenvalue weighted by Gasteiger charge is -2.30. The molecule has 2 aromatic carbocycles. The van der Waals surface area contributed by atoms with Gasteiger partial charge in [0.25, 0.3) is 5.91 Å². The molecule has 0 aliphatic carbocycles. The first-order valence-electron chi connectivity index (χ1n) is 8.90. The van der Waals surface area contributed by atoms with E-state index in [1.54, 1.807) is 36.2 Å². The first kappa shape index (κ1) is 20.8. The van der Waals surface area contributed by atoms with Crippen molar-refractivity contribution in [2.45, 2.75) is 32.9 Å². The van der Waals surface area contributed by atoms with Crippen molar-refractivity contribution in [1.29, 1.82) is 0 Å². The largest absolute Gasteiger partial charge is 0.484 e. The van der Waals surface area contributed by atoms with Gasteiger partial charge in [0.2, 0.25) is 5.91 Å². The van der Waals surface area contributed by atoms with Gasteiger partial charge in [0.15, 0.2) is 6.61 Å². The summed E-state index contributed by atoms with van der Waals surface area (Å²) >= 11 is 5.95. The Bertz CT molecular complexity index is 795. The number of carbonyl (C=O) groups is 2. The highest BCUT2D eigenvalue weighted by atomic mass is 35.5. The normalized spacial score (nSPS) is 11.6. The molecule has 2 aromatic rings. The lowest BCUT2D eigenvalue weighted by Crippen LogP contribution is -2.49. The second-order valence-corrected chi connectivity index (χ2v) is 6.67. The van der Waals surface area contributed by atoms with E-state index in [1.807, 2.05) is 38.1 Å².